The molecule has 0 aliphatic carbocycles. The molecule has 1 aromatic carbocycles. The van der Waals surface area contributed by atoms with E-state index in [1.54, 1.807) is 13.0 Å². The second kappa shape index (κ2) is 6.07. The molecule has 2 amide bonds. The second-order valence-electron chi connectivity index (χ2n) is 4.83. The van der Waals surface area contributed by atoms with Gasteiger partial charge in [-0.2, -0.15) is 0 Å². The highest BCUT2D eigenvalue weighted by Gasteiger charge is 2.39. The summed E-state index contributed by atoms with van der Waals surface area (Å²) in [7, 11) is 0. The van der Waals surface area contributed by atoms with E-state index in [4.69, 9.17) is 0 Å². The van der Waals surface area contributed by atoms with Crippen molar-refractivity contribution in [1.29, 1.82) is 0 Å². The van der Waals surface area contributed by atoms with Crippen LogP contribution in [-0.4, -0.2) is 23.9 Å². The van der Waals surface area contributed by atoms with E-state index in [1.165, 1.54) is 17.0 Å². The minimum Gasteiger partial charge on any atom is -0.342 e. The van der Waals surface area contributed by atoms with Crippen molar-refractivity contribution < 1.29 is 14.0 Å². The minimum absolute atomic E-state index is 0.136. The summed E-state index contributed by atoms with van der Waals surface area (Å²) < 4.78 is 13.8. The molecule has 1 aromatic rings. The Balaban J connectivity index is 2.40. The Kier molecular flexibility index (Phi) is 4.62. The molecule has 108 valence electrons. The van der Waals surface area contributed by atoms with Gasteiger partial charge in [-0.05, 0) is 54.1 Å². The number of carbonyl (C=O) groups is 2. The monoisotopic (exact) mass is 390 g/mol. The van der Waals surface area contributed by atoms with Gasteiger partial charge in [0.05, 0.1) is 5.69 Å². The van der Waals surface area contributed by atoms with Gasteiger partial charge in [0.25, 0.3) is 0 Å². The van der Waals surface area contributed by atoms with Gasteiger partial charge >= 0.3 is 0 Å². The standard InChI is InChI=1S/C14H16FIN2O2/c1-3-4-11-14(20)18(8(2)13(19)17-11)12-6-5-9(15)7-10(12)16/h5-8,11H,3-4H2,1-2H3,(H,17,19). The van der Waals surface area contributed by atoms with E-state index in [1.807, 2.05) is 29.5 Å². The summed E-state index contributed by atoms with van der Waals surface area (Å²) in [6.07, 6.45) is 1.41. The molecule has 2 atom stereocenters. The van der Waals surface area contributed by atoms with Crippen LogP contribution in [0.3, 0.4) is 0 Å². The molecule has 2 unspecified atom stereocenters. The number of hydrogen-bond donors (Lipinski definition) is 1. The molecule has 1 aliphatic rings. The number of carbonyl (C=O) groups excluding carboxylic acids is 2. The third-order valence-corrected chi connectivity index (χ3v) is 4.23. The summed E-state index contributed by atoms with van der Waals surface area (Å²) in [6, 6.07) is 3.13. The third kappa shape index (κ3) is 2.79. The van der Waals surface area contributed by atoms with Crippen molar-refractivity contribution >= 4 is 40.1 Å². The van der Waals surface area contributed by atoms with E-state index < -0.39 is 12.1 Å². The highest BCUT2D eigenvalue weighted by atomic mass is 127. The maximum Gasteiger partial charge on any atom is 0.250 e. The first-order valence-corrected chi connectivity index (χ1v) is 7.62. The largest absolute Gasteiger partial charge is 0.342 e. The highest BCUT2D eigenvalue weighted by molar-refractivity contribution is 14.1. The van der Waals surface area contributed by atoms with Gasteiger partial charge < -0.3 is 5.32 Å². The SMILES string of the molecule is CCCC1NC(=O)C(C)N(c2ccc(F)cc2I)C1=O. The average Bonchev–Trinajstić information content (AvgIpc) is 2.39. The normalized spacial score (nSPS) is 22.9. The van der Waals surface area contributed by atoms with Crippen LogP contribution in [0.1, 0.15) is 26.7 Å². The van der Waals surface area contributed by atoms with E-state index in [0.29, 0.717) is 15.7 Å². The zero-order valence-corrected chi connectivity index (χ0v) is 13.5. The van der Waals surface area contributed by atoms with Crippen LogP contribution in [0.15, 0.2) is 18.2 Å². The molecule has 1 aliphatic heterocycles. The molecule has 0 saturated carbocycles. The number of nitrogens with one attached hydrogen (secondary N) is 1. The second-order valence-corrected chi connectivity index (χ2v) is 5.99. The molecule has 6 heteroatoms. The van der Waals surface area contributed by atoms with Crippen molar-refractivity contribution in [3.8, 4) is 0 Å². The lowest BCUT2D eigenvalue weighted by Gasteiger charge is -2.37. The van der Waals surface area contributed by atoms with Gasteiger partial charge in [-0.3, -0.25) is 14.5 Å². The summed E-state index contributed by atoms with van der Waals surface area (Å²) in [5.74, 6) is -0.670. The fraction of sp³-hybridized carbons (Fsp3) is 0.429. The first kappa shape index (κ1) is 15.2. The molecular weight excluding hydrogens is 374 g/mol. The van der Waals surface area contributed by atoms with Gasteiger partial charge in [-0.25, -0.2) is 4.39 Å². The Bertz CT molecular complexity index is 550. The van der Waals surface area contributed by atoms with E-state index in [2.05, 4.69) is 5.32 Å². The van der Waals surface area contributed by atoms with Crippen LogP contribution < -0.4 is 10.2 Å². The van der Waals surface area contributed by atoms with Crippen molar-refractivity contribution in [2.24, 2.45) is 0 Å². The Labute approximate surface area is 130 Å². The lowest BCUT2D eigenvalue weighted by molar-refractivity contribution is -0.133. The predicted molar refractivity (Wildman–Crippen MR) is 82.9 cm³/mol. The Hall–Kier alpha value is -1.18. The van der Waals surface area contributed by atoms with E-state index in [-0.39, 0.29) is 17.6 Å². The lowest BCUT2D eigenvalue weighted by atomic mass is 10.0. The van der Waals surface area contributed by atoms with Gasteiger partial charge in [0, 0.05) is 3.57 Å². The number of amides is 2. The maximum atomic E-state index is 13.2. The van der Waals surface area contributed by atoms with Crippen LogP contribution in [0.4, 0.5) is 10.1 Å². The zero-order chi connectivity index (χ0) is 14.9. The predicted octanol–water partition coefficient (Wildman–Crippen LogP) is 2.45. The van der Waals surface area contributed by atoms with Crippen LogP contribution in [0, 0.1) is 9.39 Å². The van der Waals surface area contributed by atoms with Crippen molar-refractivity contribution in [2.45, 2.75) is 38.8 Å². The summed E-state index contributed by atoms with van der Waals surface area (Å²) in [5.41, 5.74) is 0.584. The number of benzene rings is 1. The lowest BCUT2D eigenvalue weighted by Crippen LogP contribution is -2.62. The van der Waals surface area contributed by atoms with Crippen molar-refractivity contribution in [3.63, 3.8) is 0 Å². The molecule has 0 spiro atoms. The molecule has 1 fully saturated rings. The molecule has 2 rings (SSSR count). The number of piperazine rings is 1. The molecule has 0 bridgehead atoms. The van der Waals surface area contributed by atoms with Crippen molar-refractivity contribution in [3.05, 3.63) is 27.6 Å². The average molecular weight is 390 g/mol. The fourth-order valence-electron chi connectivity index (χ4n) is 2.32. The van der Waals surface area contributed by atoms with Crippen LogP contribution in [0.5, 0.6) is 0 Å². The summed E-state index contributed by atoms with van der Waals surface area (Å²) in [4.78, 5) is 26.0. The molecule has 0 radical (unpaired) electrons. The van der Waals surface area contributed by atoms with Crippen LogP contribution >= 0.6 is 22.6 Å². The van der Waals surface area contributed by atoms with Gasteiger partial charge in [0.2, 0.25) is 11.8 Å². The maximum absolute atomic E-state index is 13.2. The number of rotatable bonds is 3. The van der Waals surface area contributed by atoms with E-state index in [0.717, 1.165) is 6.42 Å². The van der Waals surface area contributed by atoms with Gasteiger partial charge in [-0.1, -0.05) is 13.3 Å². The molecule has 1 saturated heterocycles. The number of anilines is 1. The number of hydrogen-bond acceptors (Lipinski definition) is 2. The summed E-state index contributed by atoms with van der Waals surface area (Å²) in [5, 5.41) is 2.74. The zero-order valence-electron chi connectivity index (χ0n) is 11.3. The van der Waals surface area contributed by atoms with Crippen LogP contribution in [0.2, 0.25) is 0 Å². The molecule has 20 heavy (non-hydrogen) atoms. The van der Waals surface area contributed by atoms with Crippen molar-refractivity contribution in [1.82, 2.24) is 5.32 Å². The quantitative estimate of drug-likeness (QED) is 0.807. The molecule has 1 heterocycles. The number of nitrogens with zero attached hydrogens (tertiary/aromatic N) is 1. The van der Waals surface area contributed by atoms with Gasteiger partial charge in [-0.15, -0.1) is 0 Å². The fourth-order valence-corrected chi connectivity index (χ4v) is 3.06. The molecular formula is C14H16FIN2O2. The van der Waals surface area contributed by atoms with Crippen molar-refractivity contribution in [2.75, 3.05) is 4.90 Å². The Morgan fingerprint density at radius 3 is 2.70 bits per heavy atom. The van der Waals surface area contributed by atoms with E-state index >= 15 is 0 Å². The van der Waals surface area contributed by atoms with Gasteiger partial charge in [0.1, 0.15) is 17.9 Å². The summed E-state index contributed by atoms with van der Waals surface area (Å²) in [6.45, 7) is 3.64. The molecule has 4 nitrogen and oxygen atoms in total. The topological polar surface area (TPSA) is 49.4 Å². The van der Waals surface area contributed by atoms with Crippen LogP contribution in [0.25, 0.3) is 0 Å². The molecule has 1 N–H and O–H groups in total. The molecule has 0 aromatic heterocycles. The highest BCUT2D eigenvalue weighted by Crippen LogP contribution is 2.28. The first-order chi connectivity index (χ1) is 9.45. The minimum atomic E-state index is -0.588. The van der Waals surface area contributed by atoms with E-state index in [9.17, 15) is 14.0 Å². The smallest absolute Gasteiger partial charge is 0.250 e. The first-order valence-electron chi connectivity index (χ1n) is 6.54. The Morgan fingerprint density at radius 2 is 2.10 bits per heavy atom. The Morgan fingerprint density at radius 1 is 1.40 bits per heavy atom. The number of halogens is 2. The van der Waals surface area contributed by atoms with Crippen LogP contribution in [-0.2, 0) is 9.59 Å². The third-order valence-electron chi connectivity index (χ3n) is 3.37. The summed E-state index contributed by atoms with van der Waals surface area (Å²) >= 11 is 1.98. The van der Waals surface area contributed by atoms with Gasteiger partial charge in [0.15, 0.2) is 0 Å².